The first kappa shape index (κ1) is 18.8. The Morgan fingerprint density at radius 2 is 1.59 bits per heavy atom. The van der Waals surface area contributed by atoms with Gasteiger partial charge >= 0.3 is 0 Å². The molecule has 0 aliphatic carbocycles. The van der Waals surface area contributed by atoms with Crippen molar-refractivity contribution in [3.63, 3.8) is 0 Å². The molecule has 0 radical (unpaired) electrons. The van der Waals surface area contributed by atoms with E-state index in [0.717, 1.165) is 23.5 Å². The number of rotatable bonds is 8. The fourth-order valence-corrected chi connectivity index (χ4v) is 2.75. The quantitative estimate of drug-likeness (QED) is 0.577. The minimum absolute atomic E-state index is 0.138. The maximum absolute atomic E-state index is 12.1. The van der Waals surface area contributed by atoms with Gasteiger partial charge in [-0.15, -0.1) is 0 Å². The van der Waals surface area contributed by atoms with E-state index in [2.05, 4.69) is 22.8 Å². The second-order valence-corrected chi connectivity index (χ2v) is 6.40. The van der Waals surface area contributed by atoms with Crippen LogP contribution in [-0.2, 0) is 11.2 Å². The molecule has 0 bridgehead atoms. The highest BCUT2D eigenvalue weighted by Gasteiger charge is 2.04. The molecule has 1 amide bonds. The number of halogens is 1. The van der Waals surface area contributed by atoms with E-state index in [1.807, 2.05) is 60.7 Å². The lowest BCUT2D eigenvalue weighted by molar-refractivity contribution is -0.114. The molecule has 0 fully saturated rings. The van der Waals surface area contributed by atoms with Gasteiger partial charge in [-0.25, -0.2) is 0 Å². The highest BCUT2D eigenvalue weighted by Crippen LogP contribution is 2.20. The standard InChI is InChI=1S/C22H21ClN2O2/c23-20-8-4-5-9-21(20)24-16-22(26)25-18-10-12-19(13-11-18)27-15-14-17-6-2-1-3-7-17/h1-13,24H,14-16H2,(H,25,26). The van der Waals surface area contributed by atoms with Gasteiger partial charge in [-0.1, -0.05) is 54.1 Å². The lowest BCUT2D eigenvalue weighted by Gasteiger charge is -2.10. The monoisotopic (exact) mass is 380 g/mol. The summed E-state index contributed by atoms with van der Waals surface area (Å²) in [5.41, 5.74) is 2.69. The van der Waals surface area contributed by atoms with Crippen molar-refractivity contribution in [2.24, 2.45) is 0 Å². The van der Waals surface area contributed by atoms with Crippen molar-refractivity contribution in [2.75, 3.05) is 23.8 Å². The third-order valence-electron chi connectivity index (χ3n) is 3.95. The average Bonchev–Trinajstić information content (AvgIpc) is 2.69. The van der Waals surface area contributed by atoms with Crippen molar-refractivity contribution in [2.45, 2.75) is 6.42 Å². The first-order valence-electron chi connectivity index (χ1n) is 8.76. The van der Waals surface area contributed by atoms with Crippen LogP contribution in [0.15, 0.2) is 78.9 Å². The number of amides is 1. The van der Waals surface area contributed by atoms with Crippen LogP contribution in [0.4, 0.5) is 11.4 Å². The number of carbonyl (C=O) groups is 1. The summed E-state index contributed by atoms with van der Waals surface area (Å²) in [6.45, 7) is 0.747. The van der Waals surface area contributed by atoms with Crippen LogP contribution in [0, 0.1) is 0 Å². The molecule has 3 aromatic carbocycles. The topological polar surface area (TPSA) is 50.4 Å². The Morgan fingerprint density at radius 3 is 2.33 bits per heavy atom. The SMILES string of the molecule is O=C(CNc1ccccc1Cl)Nc1ccc(OCCc2ccccc2)cc1. The molecule has 4 nitrogen and oxygen atoms in total. The number of hydrogen-bond acceptors (Lipinski definition) is 3. The molecule has 0 saturated heterocycles. The molecule has 0 aliphatic rings. The van der Waals surface area contributed by atoms with Crippen LogP contribution in [-0.4, -0.2) is 19.1 Å². The number of nitrogens with one attached hydrogen (secondary N) is 2. The molecule has 0 saturated carbocycles. The normalized spacial score (nSPS) is 10.3. The fourth-order valence-electron chi connectivity index (χ4n) is 2.55. The molecular formula is C22H21ClN2O2. The maximum Gasteiger partial charge on any atom is 0.243 e. The number of anilines is 2. The highest BCUT2D eigenvalue weighted by atomic mass is 35.5. The zero-order valence-electron chi connectivity index (χ0n) is 14.8. The van der Waals surface area contributed by atoms with Crippen molar-refractivity contribution in [1.29, 1.82) is 0 Å². The van der Waals surface area contributed by atoms with Gasteiger partial charge in [0, 0.05) is 12.1 Å². The van der Waals surface area contributed by atoms with Crippen molar-refractivity contribution in [3.8, 4) is 5.75 Å². The number of benzene rings is 3. The van der Waals surface area contributed by atoms with Gasteiger partial charge in [-0.3, -0.25) is 4.79 Å². The summed E-state index contributed by atoms with van der Waals surface area (Å²) in [4.78, 5) is 12.1. The number of hydrogen-bond donors (Lipinski definition) is 2. The van der Waals surface area contributed by atoms with E-state index in [9.17, 15) is 4.79 Å². The second kappa shape index (κ2) is 9.64. The maximum atomic E-state index is 12.1. The zero-order chi connectivity index (χ0) is 18.9. The van der Waals surface area contributed by atoms with E-state index in [1.165, 1.54) is 5.56 Å². The lowest BCUT2D eigenvalue weighted by Crippen LogP contribution is -2.21. The predicted octanol–water partition coefficient (Wildman–Crippen LogP) is 5.01. The number of carbonyl (C=O) groups excluding carboxylic acids is 1. The Kier molecular flexibility index (Phi) is 6.72. The molecular weight excluding hydrogens is 360 g/mol. The molecule has 27 heavy (non-hydrogen) atoms. The van der Waals surface area contributed by atoms with Gasteiger partial charge in [0.1, 0.15) is 5.75 Å². The van der Waals surface area contributed by atoms with Gasteiger partial charge in [0.15, 0.2) is 0 Å². The second-order valence-electron chi connectivity index (χ2n) is 5.99. The molecule has 0 atom stereocenters. The molecule has 3 rings (SSSR count). The van der Waals surface area contributed by atoms with Crippen molar-refractivity contribution in [1.82, 2.24) is 0 Å². The van der Waals surface area contributed by atoms with E-state index < -0.39 is 0 Å². The lowest BCUT2D eigenvalue weighted by atomic mass is 10.2. The first-order valence-corrected chi connectivity index (χ1v) is 9.13. The number of ether oxygens (including phenoxy) is 1. The minimum Gasteiger partial charge on any atom is -0.493 e. The Hall–Kier alpha value is -2.98. The summed E-state index contributed by atoms with van der Waals surface area (Å²) in [7, 11) is 0. The van der Waals surface area contributed by atoms with Crippen LogP contribution < -0.4 is 15.4 Å². The van der Waals surface area contributed by atoms with Crippen LogP contribution in [0.5, 0.6) is 5.75 Å². The predicted molar refractivity (Wildman–Crippen MR) is 111 cm³/mol. The summed E-state index contributed by atoms with van der Waals surface area (Å²) in [5.74, 6) is 0.630. The third-order valence-corrected chi connectivity index (χ3v) is 4.28. The molecule has 5 heteroatoms. The van der Waals surface area contributed by atoms with Gasteiger partial charge in [0.2, 0.25) is 5.91 Å². The largest absolute Gasteiger partial charge is 0.493 e. The fraction of sp³-hybridized carbons (Fsp3) is 0.136. The van der Waals surface area contributed by atoms with E-state index in [1.54, 1.807) is 6.07 Å². The molecule has 3 aromatic rings. The molecule has 2 N–H and O–H groups in total. The molecule has 0 aromatic heterocycles. The van der Waals surface area contributed by atoms with E-state index in [4.69, 9.17) is 16.3 Å². The van der Waals surface area contributed by atoms with Gasteiger partial charge in [-0.05, 0) is 42.0 Å². The van der Waals surface area contributed by atoms with Gasteiger partial charge in [0.25, 0.3) is 0 Å². The average molecular weight is 381 g/mol. The minimum atomic E-state index is -0.146. The summed E-state index contributed by atoms with van der Waals surface area (Å²) >= 11 is 6.06. The van der Waals surface area contributed by atoms with E-state index in [0.29, 0.717) is 11.6 Å². The highest BCUT2D eigenvalue weighted by molar-refractivity contribution is 6.33. The Labute approximate surface area is 164 Å². The van der Waals surface area contributed by atoms with E-state index >= 15 is 0 Å². The molecule has 138 valence electrons. The van der Waals surface area contributed by atoms with E-state index in [-0.39, 0.29) is 12.5 Å². The van der Waals surface area contributed by atoms with Crippen LogP contribution in [0.1, 0.15) is 5.56 Å². The first-order chi connectivity index (χ1) is 13.2. The van der Waals surface area contributed by atoms with Crippen LogP contribution in [0.3, 0.4) is 0 Å². The van der Waals surface area contributed by atoms with Crippen LogP contribution in [0.2, 0.25) is 5.02 Å². The van der Waals surface area contributed by atoms with Gasteiger partial charge in [0.05, 0.1) is 23.9 Å². The van der Waals surface area contributed by atoms with Crippen molar-refractivity contribution >= 4 is 28.9 Å². The Morgan fingerprint density at radius 1 is 0.889 bits per heavy atom. The summed E-state index contributed by atoms with van der Waals surface area (Å²) in [6.07, 6.45) is 0.854. The Balaban J connectivity index is 1.43. The van der Waals surface area contributed by atoms with Gasteiger partial charge < -0.3 is 15.4 Å². The summed E-state index contributed by atoms with van der Waals surface area (Å²) in [6, 6.07) is 24.9. The number of para-hydroxylation sites is 1. The van der Waals surface area contributed by atoms with Gasteiger partial charge in [-0.2, -0.15) is 0 Å². The van der Waals surface area contributed by atoms with Crippen LogP contribution >= 0.6 is 11.6 Å². The smallest absolute Gasteiger partial charge is 0.243 e. The molecule has 0 unspecified atom stereocenters. The molecule has 0 spiro atoms. The Bertz CT molecular complexity index is 867. The molecule has 0 heterocycles. The summed E-state index contributed by atoms with van der Waals surface area (Å²) in [5, 5.41) is 6.45. The summed E-state index contributed by atoms with van der Waals surface area (Å²) < 4.78 is 5.75. The van der Waals surface area contributed by atoms with Crippen LogP contribution in [0.25, 0.3) is 0 Å². The third kappa shape index (κ3) is 6.04. The van der Waals surface area contributed by atoms with Crippen molar-refractivity contribution in [3.05, 3.63) is 89.4 Å². The zero-order valence-corrected chi connectivity index (χ0v) is 15.6. The molecule has 0 aliphatic heterocycles. The van der Waals surface area contributed by atoms with Crippen molar-refractivity contribution < 1.29 is 9.53 Å².